The van der Waals surface area contributed by atoms with Gasteiger partial charge < -0.3 is 4.74 Å². The summed E-state index contributed by atoms with van der Waals surface area (Å²) in [7, 11) is 0. The third-order valence-corrected chi connectivity index (χ3v) is 5.16. The number of halogens is 1. The van der Waals surface area contributed by atoms with E-state index in [4.69, 9.17) is 9.72 Å². The van der Waals surface area contributed by atoms with Crippen LogP contribution in [0.5, 0.6) is 0 Å². The van der Waals surface area contributed by atoms with Crippen molar-refractivity contribution in [3.63, 3.8) is 0 Å². The quantitative estimate of drug-likeness (QED) is 0.489. The van der Waals surface area contributed by atoms with Crippen LogP contribution in [0.1, 0.15) is 51.7 Å². The molecule has 0 saturated carbocycles. The Morgan fingerprint density at radius 1 is 1.04 bits per heavy atom. The Morgan fingerprint density at radius 3 is 2.54 bits per heavy atom. The van der Waals surface area contributed by atoms with Crippen molar-refractivity contribution in [2.75, 3.05) is 0 Å². The summed E-state index contributed by atoms with van der Waals surface area (Å²) in [6.45, 7) is 1.54. The van der Waals surface area contributed by atoms with E-state index in [0.29, 0.717) is 11.1 Å². The number of ketones is 1. The van der Waals surface area contributed by atoms with Crippen molar-refractivity contribution >= 4 is 22.7 Å². The number of rotatable bonds is 4. The molecule has 1 atom stereocenters. The van der Waals surface area contributed by atoms with Crippen molar-refractivity contribution in [1.82, 2.24) is 4.98 Å². The Balaban J connectivity index is 1.67. The number of pyridine rings is 1. The van der Waals surface area contributed by atoms with Crippen molar-refractivity contribution in [2.45, 2.75) is 38.7 Å². The predicted molar refractivity (Wildman–Crippen MR) is 104 cm³/mol. The van der Waals surface area contributed by atoms with Gasteiger partial charge in [0, 0.05) is 16.6 Å². The first-order chi connectivity index (χ1) is 13.5. The molecular formula is C23H20FNO3. The molecule has 1 aromatic heterocycles. The maximum atomic E-state index is 13.1. The average molecular weight is 377 g/mol. The summed E-state index contributed by atoms with van der Waals surface area (Å²) >= 11 is 0. The van der Waals surface area contributed by atoms with Gasteiger partial charge >= 0.3 is 5.97 Å². The minimum atomic E-state index is -0.968. The van der Waals surface area contributed by atoms with Crippen molar-refractivity contribution in [1.29, 1.82) is 0 Å². The molecule has 3 aromatic rings. The van der Waals surface area contributed by atoms with Crippen LogP contribution in [-0.4, -0.2) is 22.8 Å². The summed E-state index contributed by atoms with van der Waals surface area (Å²) in [5, 5.41) is 0.745. The van der Waals surface area contributed by atoms with E-state index in [1.807, 2.05) is 24.3 Å². The molecule has 0 aliphatic heterocycles. The van der Waals surface area contributed by atoms with E-state index in [1.165, 1.54) is 24.3 Å². The molecule has 4 rings (SSSR count). The number of carbonyl (C=O) groups excluding carboxylic acids is 2. The molecule has 28 heavy (non-hydrogen) atoms. The SMILES string of the molecule is C[C@@H](OC(=O)c1c2c(nc3ccccc13)CCCC2)C(=O)c1ccc(F)cc1. The van der Waals surface area contributed by atoms with Crippen LogP contribution in [0.15, 0.2) is 48.5 Å². The summed E-state index contributed by atoms with van der Waals surface area (Å²) in [5.41, 5.74) is 3.45. The Bertz CT molecular complexity index is 1060. The summed E-state index contributed by atoms with van der Waals surface area (Å²) < 4.78 is 18.6. The summed E-state index contributed by atoms with van der Waals surface area (Å²) in [5.74, 6) is -1.30. The first-order valence-corrected chi connectivity index (χ1v) is 9.46. The Morgan fingerprint density at radius 2 is 1.75 bits per heavy atom. The van der Waals surface area contributed by atoms with E-state index in [0.717, 1.165) is 47.8 Å². The lowest BCUT2D eigenvalue weighted by Gasteiger charge is -2.21. The summed E-state index contributed by atoms with van der Waals surface area (Å²) in [6.07, 6.45) is 2.69. The topological polar surface area (TPSA) is 56.3 Å². The van der Waals surface area contributed by atoms with Crippen molar-refractivity contribution in [3.8, 4) is 0 Å². The van der Waals surface area contributed by atoms with Gasteiger partial charge in [0.15, 0.2) is 6.10 Å². The second kappa shape index (κ2) is 7.50. The molecule has 0 fully saturated rings. The first-order valence-electron chi connectivity index (χ1n) is 9.46. The van der Waals surface area contributed by atoms with E-state index in [-0.39, 0.29) is 5.78 Å². The molecule has 0 radical (unpaired) electrons. The van der Waals surface area contributed by atoms with Gasteiger partial charge in [0.25, 0.3) is 0 Å². The minimum Gasteiger partial charge on any atom is -0.451 e. The smallest absolute Gasteiger partial charge is 0.339 e. The molecule has 1 aliphatic rings. The average Bonchev–Trinajstić information content (AvgIpc) is 2.71. The number of Topliss-reactive ketones (excluding diaryl/α,β-unsaturated/α-hetero) is 1. The van der Waals surface area contributed by atoms with E-state index in [2.05, 4.69) is 0 Å². The van der Waals surface area contributed by atoms with E-state index < -0.39 is 17.9 Å². The van der Waals surface area contributed by atoms with Crippen LogP contribution < -0.4 is 0 Å². The summed E-state index contributed by atoms with van der Waals surface area (Å²) in [6, 6.07) is 12.7. The molecule has 5 heteroatoms. The number of ether oxygens (including phenoxy) is 1. The Kier molecular flexibility index (Phi) is 4.90. The lowest BCUT2D eigenvalue weighted by molar-refractivity contribution is 0.0319. The number of carbonyl (C=O) groups is 2. The minimum absolute atomic E-state index is 0.309. The fraction of sp³-hybridized carbons (Fsp3) is 0.261. The molecule has 0 N–H and O–H groups in total. The maximum Gasteiger partial charge on any atom is 0.339 e. The lowest BCUT2D eigenvalue weighted by Crippen LogP contribution is -2.26. The summed E-state index contributed by atoms with van der Waals surface area (Å²) in [4.78, 5) is 30.4. The molecule has 4 nitrogen and oxygen atoms in total. The maximum absolute atomic E-state index is 13.1. The number of hydrogen-bond donors (Lipinski definition) is 0. The number of benzene rings is 2. The van der Waals surface area contributed by atoms with Crippen molar-refractivity contribution in [3.05, 3.63) is 76.7 Å². The fourth-order valence-corrected chi connectivity index (χ4v) is 3.73. The van der Waals surface area contributed by atoms with E-state index in [1.54, 1.807) is 6.92 Å². The van der Waals surface area contributed by atoms with Gasteiger partial charge in [-0.15, -0.1) is 0 Å². The largest absolute Gasteiger partial charge is 0.451 e. The molecule has 0 saturated heterocycles. The van der Waals surface area contributed by atoms with Crippen molar-refractivity contribution in [2.24, 2.45) is 0 Å². The molecule has 0 unspecified atom stereocenters. The van der Waals surface area contributed by atoms with Crippen LogP contribution in [0.2, 0.25) is 0 Å². The van der Waals surface area contributed by atoms with Crippen LogP contribution >= 0.6 is 0 Å². The Hall–Kier alpha value is -3.08. The molecule has 0 spiro atoms. The van der Waals surface area contributed by atoms with Gasteiger partial charge in [-0.05, 0) is 68.5 Å². The van der Waals surface area contributed by atoms with Crippen LogP contribution in [0.25, 0.3) is 10.9 Å². The van der Waals surface area contributed by atoms with Crippen molar-refractivity contribution < 1.29 is 18.7 Å². The van der Waals surface area contributed by atoms with Gasteiger partial charge in [0.1, 0.15) is 5.82 Å². The normalized spacial score (nSPS) is 14.4. The second-order valence-corrected chi connectivity index (χ2v) is 7.05. The number of hydrogen-bond acceptors (Lipinski definition) is 4. The number of aromatic nitrogens is 1. The molecular weight excluding hydrogens is 357 g/mol. The van der Waals surface area contributed by atoms with E-state index in [9.17, 15) is 14.0 Å². The highest BCUT2D eigenvalue weighted by atomic mass is 19.1. The van der Waals surface area contributed by atoms with Gasteiger partial charge in [0.05, 0.1) is 11.1 Å². The highest BCUT2D eigenvalue weighted by Gasteiger charge is 2.26. The molecule has 2 aromatic carbocycles. The van der Waals surface area contributed by atoms with Gasteiger partial charge in [-0.1, -0.05) is 18.2 Å². The van der Waals surface area contributed by atoms with Gasteiger partial charge in [-0.25, -0.2) is 9.18 Å². The highest BCUT2D eigenvalue weighted by molar-refractivity contribution is 6.07. The molecule has 1 heterocycles. The van der Waals surface area contributed by atoms with Gasteiger partial charge in [-0.2, -0.15) is 0 Å². The van der Waals surface area contributed by atoms with Crippen LogP contribution in [0, 0.1) is 5.82 Å². The highest BCUT2D eigenvalue weighted by Crippen LogP contribution is 2.30. The number of nitrogens with zero attached hydrogens (tertiary/aromatic N) is 1. The zero-order valence-electron chi connectivity index (χ0n) is 15.6. The third-order valence-electron chi connectivity index (χ3n) is 5.16. The number of esters is 1. The first kappa shape index (κ1) is 18.3. The molecule has 142 valence electrons. The van der Waals surface area contributed by atoms with E-state index >= 15 is 0 Å². The monoisotopic (exact) mass is 377 g/mol. The molecule has 0 amide bonds. The third kappa shape index (κ3) is 3.40. The lowest BCUT2D eigenvalue weighted by atomic mass is 9.90. The Labute approximate surface area is 162 Å². The zero-order valence-corrected chi connectivity index (χ0v) is 15.6. The van der Waals surface area contributed by atoms with Crippen LogP contribution in [-0.2, 0) is 17.6 Å². The van der Waals surface area contributed by atoms with Crippen LogP contribution in [0.3, 0.4) is 0 Å². The second-order valence-electron chi connectivity index (χ2n) is 7.05. The number of aryl methyl sites for hydroxylation is 1. The number of para-hydroxylation sites is 1. The zero-order chi connectivity index (χ0) is 19.7. The molecule has 0 bridgehead atoms. The number of fused-ring (bicyclic) bond motifs is 2. The molecule has 1 aliphatic carbocycles. The van der Waals surface area contributed by atoms with Crippen LogP contribution in [0.4, 0.5) is 4.39 Å². The predicted octanol–water partition coefficient (Wildman–Crippen LogP) is 4.68. The fourth-order valence-electron chi connectivity index (χ4n) is 3.73. The van der Waals surface area contributed by atoms with Gasteiger partial charge in [0.2, 0.25) is 5.78 Å². The standard InChI is InChI=1S/C23H20FNO3/c1-14(22(26)15-10-12-16(24)13-11-15)28-23(27)21-17-6-2-4-8-19(17)25-20-9-5-3-7-18(20)21/h2,4,6,8,10-14H,3,5,7,9H2,1H3/t14-/m1/s1. The van der Waals surface area contributed by atoms with Gasteiger partial charge in [-0.3, -0.25) is 9.78 Å².